The van der Waals surface area contributed by atoms with Gasteiger partial charge in [0.15, 0.2) is 5.78 Å². The zero-order valence-electron chi connectivity index (χ0n) is 9.67. The molecule has 2 aliphatic rings. The molecule has 2 heteroatoms. The highest BCUT2D eigenvalue weighted by molar-refractivity contribution is 5.96. The van der Waals surface area contributed by atoms with Crippen LogP contribution in [0.1, 0.15) is 44.9 Å². The van der Waals surface area contributed by atoms with Gasteiger partial charge in [0.1, 0.15) is 0 Å². The number of piperidine rings is 1. The number of allylic oxidation sites excluding steroid dienone is 1. The molecular weight excluding hydrogens is 186 g/mol. The van der Waals surface area contributed by atoms with Crippen LogP contribution in [0.2, 0.25) is 0 Å². The number of likely N-dealkylation sites (tertiary alicyclic amines) is 1. The van der Waals surface area contributed by atoms with Crippen molar-refractivity contribution in [1.82, 2.24) is 4.90 Å². The van der Waals surface area contributed by atoms with Gasteiger partial charge in [0.05, 0.1) is 0 Å². The molecule has 0 aromatic heterocycles. The fraction of sp³-hybridized carbons (Fsp3) is 0.769. The number of carbonyl (C=O) groups excluding carboxylic acids is 1. The molecule has 84 valence electrons. The standard InChI is InChI=1S/C13H21NO/c1-14-9-5-4-7-12(14)10-11-6-2-3-8-13(11)15/h10,12H,2-9H2,1H3/b11-10-. The number of Topliss-reactive ketones (excluding diaryl/α,β-unsaturated/α-hetero) is 1. The van der Waals surface area contributed by atoms with Crippen LogP contribution in [0.5, 0.6) is 0 Å². The van der Waals surface area contributed by atoms with Gasteiger partial charge in [-0.1, -0.05) is 12.5 Å². The lowest BCUT2D eigenvalue weighted by molar-refractivity contribution is -0.116. The summed E-state index contributed by atoms with van der Waals surface area (Å²) in [6.45, 7) is 1.18. The molecule has 0 aromatic rings. The summed E-state index contributed by atoms with van der Waals surface area (Å²) in [4.78, 5) is 14.1. The summed E-state index contributed by atoms with van der Waals surface area (Å²) in [5.74, 6) is 0.403. The lowest BCUT2D eigenvalue weighted by Gasteiger charge is -2.31. The Morgan fingerprint density at radius 1 is 1.20 bits per heavy atom. The van der Waals surface area contributed by atoms with Gasteiger partial charge in [-0.15, -0.1) is 0 Å². The molecule has 2 rings (SSSR count). The number of rotatable bonds is 1. The fourth-order valence-electron chi connectivity index (χ4n) is 2.62. The van der Waals surface area contributed by atoms with E-state index in [1.54, 1.807) is 0 Å². The highest BCUT2D eigenvalue weighted by Gasteiger charge is 2.20. The Morgan fingerprint density at radius 3 is 2.73 bits per heavy atom. The third-order valence-electron chi connectivity index (χ3n) is 3.68. The van der Waals surface area contributed by atoms with E-state index in [2.05, 4.69) is 18.0 Å². The van der Waals surface area contributed by atoms with Crippen LogP contribution in [0.25, 0.3) is 0 Å². The minimum Gasteiger partial charge on any atom is -0.300 e. The second kappa shape index (κ2) is 4.93. The summed E-state index contributed by atoms with van der Waals surface area (Å²) in [7, 11) is 2.17. The van der Waals surface area contributed by atoms with Crippen molar-refractivity contribution >= 4 is 5.78 Å². The van der Waals surface area contributed by atoms with E-state index in [0.717, 1.165) is 24.8 Å². The SMILES string of the molecule is CN1CCCCC1/C=C1/CCCCC1=O. The summed E-state index contributed by atoms with van der Waals surface area (Å²) in [6.07, 6.45) is 10.2. The highest BCUT2D eigenvalue weighted by Crippen LogP contribution is 2.23. The van der Waals surface area contributed by atoms with Crippen LogP contribution >= 0.6 is 0 Å². The van der Waals surface area contributed by atoms with Crippen LogP contribution in [-0.4, -0.2) is 30.3 Å². The van der Waals surface area contributed by atoms with Crippen LogP contribution in [-0.2, 0) is 4.79 Å². The van der Waals surface area contributed by atoms with Gasteiger partial charge in [0.2, 0.25) is 0 Å². The average molecular weight is 207 g/mol. The quantitative estimate of drug-likeness (QED) is 0.616. The largest absolute Gasteiger partial charge is 0.300 e. The molecule has 0 N–H and O–H groups in total. The maximum Gasteiger partial charge on any atom is 0.158 e. The summed E-state index contributed by atoms with van der Waals surface area (Å²) in [5, 5.41) is 0. The smallest absolute Gasteiger partial charge is 0.158 e. The highest BCUT2D eigenvalue weighted by atomic mass is 16.1. The summed E-state index contributed by atoms with van der Waals surface area (Å²) in [6, 6.07) is 0.524. The molecule has 1 aliphatic carbocycles. The van der Waals surface area contributed by atoms with Crippen molar-refractivity contribution in [3.05, 3.63) is 11.6 Å². The monoisotopic (exact) mass is 207 g/mol. The zero-order valence-corrected chi connectivity index (χ0v) is 9.67. The van der Waals surface area contributed by atoms with E-state index in [9.17, 15) is 4.79 Å². The van der Waals surface area contributed by atoms with E-state index in [4.69, 9.17) is 0 Å². The zero-order chi connectivity index (χ0) is 10.7. The van der Waals surface area contributed by atoms with Gasteiger partial charge in [-0.05, 0) is 51.3 Å². The molecule has 1 heterocycles. The molecule has 2 nitrogen and oxygen atoms in total. The summed E-state index contributed by atoms with van der Waals surface area (Å²) < 4.78 is 0. The Labute approximate surface area is 92.3 Å². The first-order valence-electron chi connectivity index (χ1n) is 6.21. The Morgan fingerprint density at radius 2 is 2.00 bits per heavy atom. The summed E-state index contributed by atoms with van der Waals surface area (Å²) >= 11 is 0. The van der Waals surface area contributed by atoms with Crippen LogP contribution in [0.15, 0.2) is 11.6 Å². The van der Waals surface area contributed by atoms with E-state index in [0.29, 0.717) is 11.8 Å². The molecule has 1 atom stereocenters. The second-order valence-electron chi connectivity index (χ2n) is 4.87. The third kappa shape index (κ3) is 2.69. The first kappa shape index (κ1) is 10.9. The minimum absolute atomic E-state index is 0.403. The molecule has 0 aromatic carbocycles. The van der Waals surface area contributed by atoms with Gasteiger partial charge in [0.25, 0.3) is 0 Å². The number of ketones is 1. The van der Waals surface area contributed by atoms with Crippen LogP contribution in [0, 0.1) is 0 Å². The van der Waals surface area contributed by atoms with Crippen LogP contribution in [0.4, 0.5) is 0 Å². The first-order chi connectivity index (χ1) is 7.27. The van der Waals surface area contributed by atoms with Gasteiger partial charge in [-0.2, -0.15) is 0 Å². The van der Waals surface area contributed by atoms with Crippen molar-refractivity contribution in [2.45, 2.75) is 51.0 Å². The number of nitrogens with zero attached hydrogens (tertiary/aromatic N) is 1. The molecule has 15 heavy (non-hydrogen) atoms. The normalized spacial score (nSPS) is 32.2. The van der Waals surface area contributed by atoms with Gasteiger partial charge in [-0.25, -0.2) is 0 Å². The molecule has 0 spiro atoms. The fourth-order valence-corrected chi connectivity index (χ4v) is 2.62. The Hall–Kier alpha value is -0.630. The van der Waals surface area contributed by atoms with E-state index in [1.807, 2.05) is 0 Å². The molecule has 1 saturated heterocycles. The van der Waals surface area contributed by atoms with E-state index >= 15 is 0 Å². The van der Waals surface area contributed by atoms with Crippen molar-refractivity contribution in [3.63, 3.8) is 0 Å². The minimum atomic E-state index is 0.403. The molecule has 0 radical (unpaired) electrons. The number of carbonyl (C=O) groups is 1. The molecule has 0 bridgehead atoms. The first-order valence-corrected chi connectivity index (χ1v) is 6.21. The van der Waals surface area contributed by atoms with Crippen molar-refractivity contribution in [2.24, 2.45) is 0 Å². The lowest BCUT2D eigenvalue weighted by Crippen LogP contribution is -2.35. The van der Waals surface area contributed by atoms with Gasteiger partial charge in [-0.3, -0.25) is 9.69 Å². The van der Waals surface area contributed by atoms with Crippen molar-refractivity contribution in [2.75, 3.05) is 13.6 Å². The number of hydrogen-bond donors (Lipinski definition) is 0. The number of likely N-dealkylation sites (N-methyl/N-ethyl adjacent to an activating group) is 1. The lowest BCUT2D eigenvalue weighted by atomic mass is 9.90. The van der Waals surface area contributed by atoms with Crippen molar-refractivity contribution in [1.29, 1.82) is 0 Å². The third-order valence-corrected chi connectivity index (χ3v) is 3.68. The Bertz CT molecular complexity index is 270. The summed E-state index contributed by atoms with van der Waals surface area (Å²) in [5.41, 5.74) is 1.11. The topological polar surface area (TPSA) is 20.3 Å². The average Bonchev–Trinajstić information content (AvgIpc) is 2.24. The predicted octanol–water partition coefficient (Wildman–Crippen LogP) is 2.54. The van der Waals surface area contributed by atoms with E-state index < -0.39 is 0 Å². The van der Waals surface area contributed by atoms with Gasteiger partial charge in [0, 0.05) is 12.5 Å². The molecule has 0 amide bonds. The number of hydrogen-bond acceptors (Lipinski definition) is 2. The van der Waals surface area contributed by atoms with E-state index in [-0.39, 0.29) is 0 Å². The molecule has 2 fully saturated rings. The van der Waals surface area contributed by atoms with Crippen LogP contribution < -0.4 is 0 Å². The molecule has 1 saturated carbocycles. The van der Waals surface area contributed by atoms with E-state index in [1.165, 1.54) is 32.2 Å². The van der Waals surface area contributed by atoms with Gasteiger partial charge < -0.3 is 0 Å². The Kier molecular flexibility index (Phi) is 3.57. The molecule has 1 aliphatic heterocycles. The maximum atomic E-state index is 11.7. The predicted molar refractivity (Wildman–Crippen MR) is 61.8 cm³/mol. The van der Waals surface area contributed by atoms with Crippen LogP contribution in [0.3, 0.4) is 0 Å². The molecule has 1 unspecified atom stereocenters. The van der Waals surface area contributed by atoms with Crippen molar-refractivity contribution < 1.29 is 4.79 Å². The maximum absolute atomic E-state index is 11.7. The Balaban J connectivity index is 2.03. The second-order valence-corrected chi connectivity index (χ2v) is 4.87. The molecular formula is C13H21NO. The van der Waals surface area contributed by atoms with Crippen molar-refractivity contribution in [3.8, 4) is 0 Å². The van der Waals surface area contributed by atoms with Gasteiger partial charge >= 0.3 is 0 Å².